The third kappa shape index (κ3) is 1.83. The van der Waals surface area contributed by atoms with Crippen molar-refractivity contribution in [3.63, 3.8) is 0 Å². The van der Waals surface area contributed by atoms with Gasteiger partial charge >= 0.3 is 0 Å². The van der Waals surface area contributed by atoms with Crippen molar-refractivity contribution in [2.75, 3.05) is 0 Å². The zero-order chi connectivity index (χ0) is 10.1. The molecule has 4 heteroatoms. The van der Waals surface area contributed by atoms with Crippen LogP contribution in [0.25, 0.3) is 11.5 Å². The SMILES string of the molecule is Cc1cnc(-c2ccc(Cl)c(Br)c2)o1. The lowest BCUT2D eigenvalue weighted by atomic mass is 10.2. The molecule has 1 heterocycles. The standard InChI is InChI=1S/C10H7BrClNO/c1-6-5-13-10(14-6)7-2-3-9(12)8(11)4-7/h2-5H,1H3. The molecule has 0 spiro atoms. The molecule has 72 valence electrons. The Balaban J connectivity index is 2.47. The highest BCUT2D eigenvalue weighted by atomic mass is 79.9. The van der Waals surface area contributed by atoms with Crippen LogP contribution in [-0.2, 0) is 0 Å². The van der Waals surface area contributed by atoms with Gasteiger partial charge in [0.05, 0.1) is 11.2 Å². The zero-order valence-electron chi connectivity index (χ0n) is 7.42. The van der Waals surface area contributed by atoms with E-state index in [0.717, 1.165) is 15.8 Å². The minimum atomic E-state index is 0.611. The van der Waals surface area contributed by atoms with E-state index in [9.17, 15) is 0 Å². The average molecular weight is 273 g/mol. The van der Waals surface area contributed by atoms with Crippen LogP contribution in [0.4, 0.5) is 0 Å². The summed E-state index contributed by atoms with van der Waals surface area (Å²) >= 11 is 9.22. The first-order chi connectivity index (χ1) is 6.66. The number of rotatable bonds is 1. The molecule has 2 aromatic rings. The molecule has 1 aromatic carbocycles. The van der Waals surface area contributed by atoms with Crippen molar-refractivity contribution in [3.8, 4) is 11.5 Å². The van der Waals surface area contributed by atoms with Crippen molar-refractivity contribution < 1.29 is 4.42 Å². The lowest BCUT2D eigenvalue weighted by Crippen LogP contribution is -1.77. The molecule has 0 aliphatic heterocycles. The van der Waals surface area contributed by atoms with Crippen LogP contribution in [0, 0.1) is 6.92 Å². The lowest BCUT2D eigenvalue weighted by molar-refractivity contribution is 0.542. The van der Waals surface area contributed by atoms with Gasteiger partial charge in [0.2, 0.25) is 5.89 Å². The summed E-state index contributed by atoms with van der Waals surface area (Å²) in [5, 5.41) is 0.678. The van der Waals surface area contributed by atoms with E-state index in [1.54, 1.807) is 12.3 Å². The normalized spacial score (nSPS) is 10.5. The second kappa shape index (κ2) is 3.75. The van der Waals surface area contributed by atoms with Gasteiger partial charge in [-0.3, -0.25) is 0 Å². The summed E-state index contributed by atoms with van der Waals surface area (Å²) in [7, 11) is 0. The summed E-state index contributed by atoms with van der Waals surface area (Å²) in [6, 6.07) is 5.56. The first-order valence-electron chi connectivity index (χ1n) is 4.04. The van der Waals surface area contributed by atoms with Crippen molar-refractivity contribution in [3.05, 3.63) is 39.7 Å². The fourth-order valence-electron chi connectivity index (χ4n) is 1.12. The molecule has 0 amide bonds. The van der Waals surface area contributed by atoms with Gasteiger partial charge < -0.3 is 4.42 Å². The van der Waals surface area contributed by atoms with E-state index in [1.165, 1.54) is 0 Å². The Kier molecular flexibility index (Phi) is 2.61. The molecule has 0 aliphatic carbocycles. The van der Waals surface area contributed by atoms with E-state index in [2.05, 4.69) is 20.9 Å². The Morgan fingerprint density at radius 2 is 2.21 bits per heavy atom. The predicted octanol–water partition coefficient (Wildman–Crippen LogP) is 4.07. The largest absolute Gasteiger partial charge is 0.441 e. The minimum absolute atomic E-state index is 0.611. The number of hydrogen-bond donors (Lipinski definition) is 0. The zero-order valence-corrected chi connectivity index (χ0v) is 9.76. The molecule has 0 fully saturated rings. The Morgan fingerprint density at radius 3 is 2.79 bits per heavy atom. The van der Waals surface area contributed by atoms with Crippen LogP contribution in [-0.4, -0.2) is 4.98 Å². The van der Waals surface area contributed by atoms with Gasteiger partial charge in [-0.1, -0.05) is 11.6 Å². The third-order valence-electron chi connectivity index (χ3n) is 1.79. The van der Waals surface area contributed by atoms with Gasteiger partial charge in [0.15, 0.2) is 0 Å². The summed E-state index contributed by atoms with van der Waals surface area (Å²) in [5.41, 5.74) is 0.911. The van der Waals surface area contributed by atoms with Crippen molar-refractivity contribution in [2.45, 2.75) is 6.92 Å². The average Bonchev–Trinajstić information content (AvgIpc) is 2.57. The Labute approximate surface area is 95.0 Å². The highest BCUT2D eigenvalue weighted by Gasteiger charge is 2.06. The van der Waals surface area contributed by atoms with Gasteiger partial charge in [-0.05, 0) is 41.1 Å². The van der Waals surface area contributed by atoms with Gasteiger partial charge in [0.1, 0.15) is 5.76 Å². The summed E-state index contributed by atoms with van der Waals surface area (Å²) < 4.78 is 6.23. The second-order valence-electron chi connectivity index (χ2n) is 2.90. The second-order valence-corrected chi connectivity index (χ2v) is 4.17. The maximum absolute atomic E-state index is 5.88. The summed E-state index contributed by atoms with van der Waals surface area (Å²) in [6.07, 6.45) is 1.69. The topological polar surface area (TPSA) is 26.0 Å². The van der Waals surface area contributed by atoms with E-state index in [0.29, 0.717) is 10.9 Å². The van der Waals surface area contributed by atoms with Crippen LogP contribution in [0.5, 0.6) is 0 Å². The quantitative estimate of drug-likeness (QED) is 0.782. The fraction of sp³-hybridized carbons (Fsp3) is 0.100. The molecule has 0 aliphatic rings. The van der Waals surface area contributed by atoms with Crippen molar-refractivity contribution in [2.24, 2.45) is 0 Å². The molecule has 2 rings (SSSR count). The van der Waals surface area contributed by atoms with Crippen LogP contribution in [0.2, 0.25) is 5.02 Å². The Hall–Kier alpha value is -0.800. The molecule has 0 saturated heterocycles. The molecule has 1 aromatic heterocycles. The van der Waals surface area contributed by atoms with Crippen molar-refractivity contribution >= 4 is 27.5 Å². The van der Waals surface area contributed by atoms with E-state index >= 15 is 0 Å². The van der Waals surface area contributed by atoms with E-state index in [-0.39, 0.29) is 0 Å². The van der Waals surface area contributed by atoms with Crippen LogP contribution >= 0.6 is 27.5 Å². The summed E-state index contributed by atoms with van der Waals surface area (Å²) in [4.78, 5) is 4.13. The smallest absolute Gasteiger partial charge is 0.226 e. The van der Waals surface area contributed by atoms with Crippen LogP contribution < -0.4 is 0 Å². The third-order valence-corrected chi connectivity index (χ3v) is 3.00. The van der Waals surface area contributed by atoms with Gasteiger partial charge in [-0.25, -0.2) is 4.98 Å². The molecule has 0 N–H and O–H groups in total. The molecule has 0 unspecified atom stereocenters. The number of hydrogen-bond acceptors (Lipinski definition) is 2. The van der Waals surface area contributed by atoms with Crippen LogP contribution in [0.1, 0.15) is 5.76 Å². The molecular weight excluding hydrogens is 265 g/mol. The number of halogens is 2. The predicted molar refractivity (Wildman–Crippen MR) is 59.4 cm³/mol. The van der Waals surface area contributed by atoms with Gasteiger partial charge in [0, 0.05) is 10.0 Å². The first kappa shape index (κ1) is 9.74. The molecule has 2 nitrogen and oxygen atoms in total. The van der Waals surface area contributed by atoms with Gasteiger partial charge in [-0.15, -0.1) is 0 Å². The van der Waals surface area contributed by atoms with E-state index in [1.807, 2.05) is 19.1 Å². The molecule has 0 atom stereocenters. The molecule has 0 bridgehead atoms. The number of oxazole rings is 1. The summed E-state index contributed by atoms with van der Waals surface area (Å²) in [5.74, 6) is 1.41. The van der Waals surface area contributed by atoms with Crippen molar-refractivity contribution in [1.82, 2.24) is 4.98 Å². The highest BCUT2D eigenvalue weighted by molar-refractivity contribution is 9.10. The summed E-state index contributed by atoms with van der Waals surface area (Å²) in [6.45, 7) is 1.86. The van der Waals surface area contributed by atoms with E-state index < -0.39 is 0 Å². The molecule has 0 saturated carbocycles. The monoisotopic (exact) mass is 271 g/mol. The minimum Gasteiger partial charge on any atom is -0.441 e. The van der Waals surface area contributed by atoms with Crippen LogP contribution in [0.3, 0.4) is 0 Å². The Bertz CT molecular complexity index is 467. The molecule has 14 heavy (non-hydrogen) atoms. The first-order valence-corrected chi connectivity index (χ1v) is 5.22. The maximum Gasteiger partial charge on any atom is 0.226 e. The number of aromatic nitrogens is 1. The lowest BCUT2D eigenvalue weighted by Gasteiger charge is -1.98. The molecular formula is C10H7BrClNO. The van der Waals surface area contributed by atoms with Gasteiger partial charge in [0.25, 0.3) is 0 Å². The molecule has 0 radical (unpaired) electrons. The van der Waals surface area contributed by atoms with E-state index in [4.69, 9.17) is 16.0 Å². The fourth-order valence-corrected chi connectivity index (χ4v) is 1.61. The highest BCUT2D eigenvalue weighted by Crippen LogP contribution is 2.28. The van der Waals surface area contributed by atoms with Crippen LogP contribution in [0.15, 0.2) is 33.3 Å². The van der Waals surface area contributed by atoms with Gasteiger partial charge in [-0.2, -0.15) is 0 Å². The number of nitrogens with zero attached hydrogens (tertiary/aromatic N) is 1. The number of aryl methyl sites for hydroxylation is 1. The Morgan fingerprint density at radius 1 is 1.43 bits per heavy atom. The van der Waals surface area contributed by atoms with Crippen molar-refractivity contribution in [1.29, 1.82) is 0 Å². The maximum atomic E-state index is 5.88. The number of benzene rings is 1.